The average Bonchev–Trinajstić information content (AvgIpc) is 2.26. The third-order valence-corrected chi connectivity index (χ3v) is 2.36. The molecule has 0 aliphatic carbocycles. The Morgan fingerprint density at radius 3 is 2.35 bits per heavy atom. The Kier molecular flexibility index (Phi) is 3.65. The number of hydrogen-bond donors (Lipinski definition) is 3. The van der Waals surface area contributed by atoms with Crippen LogP contribution in [0.1, 0.15) is 34.5 Å². The van der Waals surface area contributed by atoms with E-state index in [2.05, 4.69) is 6.58 Å². The summed E-state index contributed by atoms with van der Waals surface area (Å²) in [4.78, 5) is 21.6. The number of rotatable bonds is 4. The van der Waals surface area contributed by atoms with E-state index in [1.807, 2.05) is 0 Å². The highest BCUT2D eigenvalue weighted by molar-refractivity contribution is 5.90. The van der Waals surface area contributed by atoms with Crippen LogP contribution in [-0.2, 0) is 4.79 Å². The number of carboxylic acids is 2. The average molecular weight is 235 g/mol. The molecule has 0 amide bonds. The lowest BCUT2D eigenvalue weighted by molar-refractivity contribution is -0.138. The van der Waals surface area contributed by atoms with Gasteiger partial charge in [-0.15, -0.1) is 0 Å². The Bertz CT molecular complexity index is 493. The lowest BCUT2D eigenvalue weighted by Gasteiger charge is -2.13. The first kappa shape index (κ1) is 12.9. The van der Waals surface area contributed by atoms with Gasteiger partial charge in [-0.3, -0.25) is 4.79 Å². The van der Waals surface area contributed by atoms with Crippen LogP contribution >= 0.6 is 0 Å². The van der Waals surface area contributed by atoms with Gasteiger partial charge in [0.15, 0.2) is 0 Å². The molecule has 0 aromatic heterocycles. The van der Waals surface area contributed by atoms with Gasteiger partial charge in [-0.05, 0) is 30.2 Å². The molecule has 5 nitrogen and oxygen atoms in total. The zero-order valence-corrected chi connectivity index (χ0v) is 9.30. The van der Waals surface area contributed by atoms with Crippen molar-refractivity contribution in [3.63, 3.8) is 0 Å². The minimum Gasteiger partial charge on any atom is -0.480 e. The quantitative estimate of drug-likeness (QED) is 0.734. The predicted octanol–water partition coefficient (Wildman–Crippen LogP) is 1.50. The predicted molar refractivity (Wildman–Crippen MR) is 62.7 cm³/mol. The second-order valence-electron chi connectivity index (χ2n) is 3.70. The molecule has 0 aliphatic rings. The highest BCUT2D eigenvalue weighted by Crippen LogP contribution is 2.24. The molecular formula is C12H13NO4. The lowest BCUT2D eigenvalue weighted by Crippen LogP contribution is -2.22. The molecule has 0 radical (unpaired) electrons. The highest BCUT2D eigenvalue weighted by atomic mass is 16.4. The lowest BCUT2D eigenvalue weighted by atomic mass is 9.94. The van der Waals surface area contributed by atoms with Crippen LogP contribution in [-0.4, -0.2) is 22.2 Å². The van der Waals surface area contributed by atoms with Gasteiger partial charge >= 0.3 is 11.9 Å². The van der Waals surface area contributed by atoms with E-state index in [-0.39, 0.29) is 5.56 Å². The molecule has 0 bridgehead atoms. The van der Waals surface area contributed by atoms with Gasteiger partial charge in [0, 0.05) is 0 Å². The summed E-state index contributed by atoms with van der Waals surface area (Å²) in [6.07, 6.45) is 0. The first-order valence-corrected chi connectivity index (χ1v) is 4.86. The third-order valence-electron chi connectivity index (χ3n) is 2.36. The van der Waals surface area contributed by atoms with Crippen LogP contribution in [0, 0.1) is 0 Å². The molecule has 1 unspecified atom stereocenters. The first-order chi connectivity index (χ1) is 7.84. The molecule has 0 fully saturated rings. The molecule has 4 N–H and O–H groups in total. The van der Waals surface area contributed by atoms with Crippen molar-refractivity contribution < 1.29 is 19.8 Å². The van der Waals surface area contributed by atoms with Crippen molar-refractivity contribution in [3.8, 4) is 0 Å². The zero-order chi connectivity index (χ0) is 13.2. The van der Waals surface area contributed by atoms with Crippen LogP contribution in [0.15, 0.2) is 24.8 Å². The van der Waals surface area contributed by atoms with Gasteiger partial charge in [-0.2, -0.15) is 0 Å². The van der Waals surface area contributed by atoms with Gasteiger partial charge in [-0.1, -0.05) is 18.2 Å². The number of allylic oxidation sites excluding steroid dienone is 1. The Morgan fingerprint density at radius 2 is 1.94 bits per heavy atom. The monoisotopic (exact) mass is 235 g/mol. The molecule has 5 heteroatoms. The second-order valence-corrected chi connectivity index (χ2v) is 3.70. The topological polar surface area (TPSA) is 101 Å². The second kappa shape index (κ2) is 4.80. The van der Waals surface area contributed by atoms with Crippen LogP contribution in [0.4, 0.5) is 0 Å². The SMILES string of the molecule is C=C(C)c1cc(C(=O)O)ccc1C(N)C(=O)O. The molecule has 0 heterocycles. The zero-order valence-electron chi connectivity index (χ0n) is 9.30. The van der Waals surface area contributed by atoms with Gasteiger partial charge in [-0.25, -0.2) is 4.79 Å². The molecule has 1 atom stereocenters. The van der Waals surface area contributed by atoms with Gasteiger partial charge in [0.2, 0.25) is 0 Å². The number of nitrogens with two attached hydrogens (primary N) is 1. The van der Waals surface area contributed by atoms with Gasteiger partial charge in [0.25, 0.3) is 0 Å². The summed E-state index contributed by atoms with van der Waals surface area (Å²) >= 11 is 0. The fourth-order valence-electron chi connectivity index (χ4n) is 1.46. The van der Waals surface area contributed by atoms with Crippen molar-refractivity contribution >= 4 is 17.5 Å². The molecule has 1 aromatic carbocycles. The van der Waals surface area contributed by atoms with E-state index in [9.17, 15) is 9.59 Å². The van der Waals surface area contributed by atoms with Crippen molar-refractivity contribution in [3.05, 3.63) is 41.5 Å². The molecule has 0 saturated carbocycles. The van der Waals surface area contributed by atoms with Gasteiger partial charge in [0.1, 0.15) is 6.04 Å². The molecule has 1 aromatic rings. The van der Waals surface area contributed by atoms with Crippen LogP contribution < -0.4 is 5.73 Å². The molecule has 0 saturated heterocycles. The Hall–Kier alpha value is -2.14. The van der Waals surface area contributed by atoms with Crippen LogP contribution in [0.2, 0.25) is 0 Å². The summed E-state index contributed by atoms with van der Waals surface area (Å²) in [6.45, 7) is 5.35. The highest BCUT2D eigenvalue weighted by Gasteiger charge is 2.19. The number of benzene rings is 1. The molecule has 1 rings (SSSR count). The smallest absolute Gasteiger partial charge is 0.335 e. The Balaban J connectivity index is 3.37. The minimum atomic E-state index is -1.19. The number of aliphatic carboxylic acids is 1. The maximum atomic E-state index is 10.8. The summed E-state index contributed by atoms with van der Waals surface area (Å²) in [7, 11) is 0. The van der Waals surface area contributed by atoms with Crippen molar-refractivity contribution in [1.82, 2.24) is 0 Å². The molecule has 17 heavy (non-hydrogen) atoms. The fourth-order valence-corrected chi connectivity index (χ4v) is 1.46. The van der Waals surface area contributed by atoms with Crippen LogP contribution in [0.3, 0.4) is 0 Å². The van der Waals surface area contributed by atoms with Crippen molar-refractivity contribution in [2.75, 3.05) is 0 Å². The Morgan fingerprint density at radius 1 is 1.35 bits per heavy atom. The Labute approximate surface area is 98.2 Å². The summed E-state index contributed by atoms with van der Waals surface area (Å²) in [6, 6.07) is 2.92. The number of carbonyl (C=O) groups is 2. The van der Waals surface area contributed by atoms with E-state index in [1.54, 1.807) is 6.92 Å². The van der Waals surface area contributed by atoms with Crippen LogP contribution in [0.25, 0.3) is 5.57 Å². The third kappa shape index (κ3) is 2.70. The summed E-state index contributed by atoms with van der Waals surface area (Å²) in [5.74, 6) is -2.25. The van der Waals surface area contributed by atoms with E-state index < -0.39 is 18.0 Å². The molecule has 90 valence electrons. The van der Waals surface area contributed by atoms with E-state index in [1.165, 1.54) is 18.2 Å². The van der Waals surface area contributed by atoms with E-state index in [4.69, 9.17) is 15.9 Å². The van der Waals surface area contributed by atoms with Crippen molar-refractivity contribution in [2.24, 2.45) is 5.73 Å². The first-order valence-electron chi connectivity index (χ1n) is 4.86. The maximum absolute atomic E-state index is 10.8. The normalized spacial score (nSPS) is 11.9. The molecule has 0 spiro atoms. The largest absolute Gasteiger partial charge is 0.480 e. The number of carboxylic acid groups (broad SMARTS) is 2. The summed E-state index contributed by atoms with van der Waals surface area (Å²) in [5.41, 5.74) is 6.97. The minimum absolute atomic E-state index is 0.0735. The van der Waals surface area contributed by atoms with Crippen LogP contribution in [0.5, 0.6) is 0 Å². The maximum Gasteiger partial charge on any atom is 0.335 e. The number of aromatic carboxylic acids is 1. The van der Waals surface area contributed by atoms with E-state index >= 15 is 0 Å². The van der Waals surface area contributed by atoms with Gasteiger partial charge < -0.3 is 15.9 Å². The molecular weight excluding hydrogens is 222 g/mol. The number of hydrogen-bond acceptors (Lipinski definition) is 3. The van der Waals surface area contributed by atoms with E-state index in [0.29, 0.717) is 16.7 Å². The summed E-state index contributed by atoms with van der Waals surface area (Å²) < 4.78 is 0. The van der Waals surface area contributed by atoms with E-state index in [0.717, 1.165) is 0 Å². The fraction of sp³-hybridized carbons (Fsp3) is 0.167. The molecule has 0 aliphatic heterocycles. The van der Waals surface area contributed by atoms with Crippen molar-refractivity contribution in [1.29, 1.82) is 0 Å². The van der Waals surface area contributed by atoms with Gasteiger partial charge in [0.05, 0.1) is 5.56 Å². The standard InChI is InChI=1S/C12H13NO4/c1-6(2)9-5-7(11(14)15)3-4-8(9)10(13)12(16)17/h3-5,10H,1,13H2,2H3,(H,14,15)(H,16,17). The van der Waals surface area contributed by atoms with Crippen molar-refractivity contribution in [2.45, 2.75) is 13.0 Å². The summed E-state index contributed by atoms with van der Waals surface area (Å²) in [5, 5.41) is 17.7.